The third-order valence-electron chi connectivity index (χ3n) is 5.48. The standard InChI is InChI=1S/C18H29N3O/c1-13(2)17-12-15(19-20(17)3)18(22)21-11-7-6-9-14-8-4-5-10-16(14)21/h12-14,16H,4-11H2,1-3H3/t14-,16-/m0/s1. The second-order valence-corrected chi connectivity index (χ2v) is 7.34. The van der Waals surface area contributed by atoms with Crippen molar-refractivity contribution in [3.8, 4) is 0 Å². The summed E-state index contributed by atoms with van der Waals surface area (Å²) >= 11 is 0. The molecule has 0 radical (unpaired) electrons. The molecule has 2 atom stereocenters. The summed E-state index contributed by atoms with van der Waals surface area (Å²) in [7, 11) is 1.94. The number of aryl methyl sites for hydroxylation is 1. The Bertz CT molecular complexity index is 534. The Labute approximate surface area is 133 Å². The number of carbonyl (C=O) groups excluding carboxylic acids is 1. The SMILES string of the molecule is CC(C)c1cc(C(=O)N2CCCC[C@@H]3CCCC[C@@H]32)nn1C. The van der Waals surface area contributed by atoms with Crippen LogP contribution in [0, 0.1) is 5.92 Å². The van der Waals surface area contributed by atoms with Gasteiger partial charge in [-0.2, -0.15) is 5.10 Å². The number of hydrogen-bond acceptors (Lipinski definition) is 2. The zero-order valence-electron chi connectivity index (χ0n) is 14.2. The number of hydrogen-bond donors (Lipinski definition) is 0. The van der Waals surface area contributed by atoms with Crippen molar-refractivity contribution in [2.45, 2.75) is 70.8 Å². The molecule has 1 saturated carbocycles. The molecule has 1 aromatic heterocycles. The van der Waals surface area contributed by atoms with Gasteiger partial charge in [-0.05, 0) is 43.6 Å². The van der Waals surface area contributed by atoms with Gasteiger partial charge in [0, 0.05) is 25.3 Å². The van der Waals surface area contributed by atoms with E-state index in [9.17, 15) is 4.79 Å². The van der Waals surface area contributed by atoms with Gasteiger partial charge in [-0.3, -0.25) is 9.48 Å². The Hall–Kier alpha value is -1.32. The summed E-state index contributed by atoms with van der Waals surface area (Å²) in [5.41, 5.74) is 1.77. The molecule has 122 valence electrons. The average molecular weight is 303 g/mol. The van der Waals surface area contributed by atoms with E-state index in [4.69, 9.17) is 0 Å². The maximum absolute atomic E-state index is 13.0. The van der Waals surface area contributed by atoms with E-state index in [2.05, 4.69) is 23.8 Å². The van der Waals surface area contributed by atoms with Crippen LogP contribution >= 0.6 is 0 Å². The third-order valence-corrected chi connectivity index (χ3v) is 5.48. The van der Waals surface area contributed by atoms with E-state index in [1.807, 2.05) is 17.8 Å². The average Bonchev–Trinajstić information content (AvgIpc) is 2.77. The van der Waals surface area contributed by atoms with Gasteiger partial charge < -0.3 is 4.90 Å². The molecule has 2 heterocycles. The summed E-state index contributed by atoms with van der Waals surface area (Å²) in [6.07, 6.45) is 8.80. The molecule has 1 aromatic rings. The Morgan fingerprint density at radius 1 is 1.18 bits per heavy atom. The van der Waals surface area contributed by atoms with Gasteiger partial charge in [-0.1, -0.05) is 33.1 Å². The molecule has 1 aliphatic carbocycles. The predicted octanol–water partition coefficient (Wildman–Crippen LogP) is 3.73. The monoisotopic (exact) mass is 303 g/mol. The van der Waals surface area contributed by atoms with Gasteiger partial charge in [-0.15, -0.1) is 0 Å². The lowest BCUT2D eigenvalue weighted by atomic mass is 9.81. The van der Waals surface area contributed by atoms with Gasteiger partial charge in [0.05, 0.1) is 0 Å². The Kier molecular flexibility index (Phi) is 4.55. The number of fused-ring (bicyclic) bond motifs is 1. The van der Waals surface area contributed by atoms with Crippen LogP contribution in [0.3, 0.4) is 0 Å². The van der Waals surface area contributed by atoms with Gasteiger partial charge >= 0.3 is 0 Å². The lowest BCUT2D eigenvalue weighted by molar-refractivity contribution is 0.0562. The molecular formula is C18H29N3O. The van der Waals surface area contributed by atoms with E-state index in [1.165, 1.54) is 38.5 Å². The summed E-state index contributed by atoms with van der Waals surface area (Å²) < 4.78 is 1.87. The second-order valence-electron chi connectivity index (χ2n) is 7.34. The van der Waals surface area contributed by atoms with Gasteiger partial charge in [0.2, 0.25) is 0 Å². The number of likely N-dealkylation sites (tertiary alicyclic amines) is 1. The van der Waals surface area contributed by atoms with Crippen molar-refractivity contribution in [3.05, 3.63) is 17.5 Å². The van der Waals surface area contributed by atoms with Gasteiger partial charge in [-0.25, -0.2) is 0 Å². The minimum Gasteiger partial charge on any atom is -0.334 e. The summed E-state index contributed by atoms with van der Waals surface area (Å²) in [6, 6.07) is 2.45. The van der Waals surface area contributed by atoms with Crippen LogP contribution in [0.25, 0.3) is 0 Å². The number of aromatic nitrogens is 2. The molecule has 4 nitrogen and oxygen atoms in total. The summed E-state index contributed by atoms with van der Waals surface area (Å²) in [6.45, 7) is 5.20. The Balaban J connectivity index is 1.84. The molecule has 4 heteroatoms. The van der Waals surface area contributed by atoms with Crippen molar-refractivity contribution in [1.29, 1.82) is 0 Å². The fourth-order valence-electron chi connectivity index (χ4n) is 4.32. The highest BCUT2D eigenvalue weighted by atomic mass is 16.2. The van der Waals surface area contributed by atoms with E-state index in [0.29, 0.717) is 23.6 Å². The minimum absolute atomic E-state index is 0.154. The van der Waals surface area contributed by atoms with E-state index < -0.39 is 0 Å². The predicted molar refractivity (Wildman–Crippen MR) is 87.9 cm³/mol. The largest absolute Gasteiger partial charge is 0.334 e. The molecule has 22 heavy (non-hydrogen) atoms. The zero-order valence-corrected chi connectivity index (χ0v) is 14.2. The van der Waals surface area contributed by atoms with Gasteiger partial charge in [0.15, 0.2) is 5.69 Å². The molecule has 0 bridgehead atoms. The Morgan fingerprint density at radius 2 is 1.86 bits per heavy atom. The summed E-state index contributed by atoms with van der Waals surface area (Å²) in [5, 5.41) is 4.50. The van der Waals surface area contributed by atoms with E-state index >= 15 is 0 Å². The fourth-order valence-corrected chi connectivity index (χ4v) is 4.32. The Morgan fingerprint density at radius 3 is 2.55 bits per heavy atom. The molecule has 1 aliphatic heterocycles. The first-order chi connectivity index (χ1) is 10.6. The molecule has 1 saturated heterocycles. The molecule has 0 unspecified atom stereocenters. The summed E-state index contributed by atoms with van der Waals surface area (Å²) in [4.78, 5) is 15.2. The van der Waals surface area contributed by atoms with E-state index in [1.54, 1.807) is 0 Å². The first-order valence-electron chi connectivity index (χ1n) is 8.93. The molecule has 0 spiro atoms. The number of amides is 1. The van der Waals surface area contributed by atoms with Crippen molar-refractivity contribution in [3.63, 3.8) is 0 Å². The van der Waals surface area contributed by atoms with Gasteiger partial charge in [0.25, 0.3) is 5.91 Å². The third kappa shape index (κ3) is 2.92. The van der Waals surface area contributed by atoms with Crippen LogP contribution in [0.2, 0.25) is 0 Å². The van der Waals surface area contributed by atoms with E-state index in [0.717, 1.165) is 18.7 Å². The lowest BCUT2D eigenvalue weighted by Crippen LogP contribution is -2.45. The zero-order chi connectivity index (χ0) is 15.7. The quantitative estimate of drug-likeness (QED) is 0.835. The van der Waals surface area contributed by atoms with Crippen LogP contribution in [0.5, 0.6) is 0 Å². The van der Waals surface area contributed by atoms with Crippen LogP contribution in [-0.4, -0.2) is 33.2 Å². The maximum Gasteiger partial charge on any atom is 0.274 e. The van der Waals surface area contributed by atoms with Crippen LogP contribution < -0.4 is 0 Å². The first-order valence-corrected chi connectivity index (χ1v) is 8.93. The van der Waals surface area contributed by atoms with E-state index in [-0.39, 0.29) is 5.91 Å². The highest BCUT2D eigenvalue weighted by Gasteiger charge is 2.35. The smallest absolute Gasteiger partial charge is 0.274 e. The number of rotatable bonds is 2. The van der Waals surface area contributed by atoms with Crippen molar-refractivity contribution >= 4 is 5.91 Å². The number of nitrogens with zero attached hydrogens (tertiary/aromatic N) is 3. The van der Waals surface area contributed by atoms with Crippen LogP contribution in [-0.2, 0) is 7.05 Å². The molecule has 1 amide bonds. The van der Waals surface area contributed by atoms with Crippen LogP contribution in [0.1, 0.15) is 80.9 Å². The minimum atomic E-state index is 0.154. The second kappa shape index (κ2) is 6.43. The lowest BCUT2D eigenvalue weighted by Gasteiger charge is -2.38. The highest BCUT2D eigenvalue weighted by Crippen LogP contribution is 2.35. The molecule has 2 fully saturated rings. The van der Waals surface area contributed by atoms with Crippen molar-refractivity contribution < 1.29 is 4.79 Å². The molecule has 0 aromatic carbocycles. The molecule has 2 aliphatic rings. The van der Waals surface area contributed by atoms with Crippen molar-refractivity contribution in [1.82, 2.24) is 14.7 Å². The van der Waals surface area contributed by atoms with Crippen molar-refractivity contribution in [2.24, 2.45) is 13.0 Å². The first kappa shape index (κ1) is 15.6. The van der Waals surface area contributed by atoms with Crippen molar-refractivity contribution in [2.75, 3.05) is 6.54 Å². The topological polar surface area (TPSA) is 38.1 Å². The maximum atomic E-state index is 13.0. The van der Waals surface area contributed by atoms with Gasteiger partial charge in [0.1, 0.15) is 0 Å². The fraction of sp³-hybridized carbons (Fsp3) is 0.778. The normalized spacial score (nSPS) is 25.9. The molecule has 0 N–H and O–H groups in total. The molecular weight excluding hydrogens is 274 g/mol. The summed E-state index contributed by atoms with van der Waals surface area (Å²) in [5.74, 6) is 1.26. The van der Waals surface area contributed by atoms with Crippen LogP contribution in [0.4, 0.5) is 0 Å². The number of carbonyl (C=O) groups is 1. The molecule has 3 rings (SSSR count). The van der Waals surface area contributed by atoms with Crippen LogP contribution in [0.15, 0.2) is 6.07 Å². The highest BCUT2D eigenvalue weighted by molar-refractivity contribution is 5.92.